The predicted octanol–water partition coefficient (Wildman–Crippen LogP) is 14.8. The Labute approximate surface area is 307 Å². The van der Waals surface area contributed by atoms with Crippen molar-refractivity contribution >= 4 is 70.1 Å². The molecule has 0 bridgehead atoms. The molecule has 0 aliphatic rings. The summed E-state index contributed by atoms with van der Waals surface area (Å²) in [5.41, 5.74) is 10.8. The first-order valence-electron chi connectivity index (χ1n) is 17.8. The largest absolute Gasteiger partial charge is 0.310 e. The maximum Gasteiger partial charge on any atom is 0.0555 e. The topological polar surface area (TPSA) is 3.24 Å². The first-order chi connectivity index (χ1) is 25.8. The summed E-state index contributed by atoms with van der Waals surface area (Å²) in [4.78, 5) is 2.46. The van der Waals surface area contributed by atoms with E-state index in [-0.39, 0.29) is 0 Å². The lowest BCUT2D eigenvalue weighted by atomic mass is 9.94. The lowest BCUT2D eigenvalue weighted by Gasteiger charge is -2.28. The molecule has 2 heteroatoms. The molecule has 0 unspecified atom stereocenters. The fourth-order valence-electron chi connectivity index (χ4n) is 7.80. The number of rotatable bonds is 6. The van der Waals surface area contributed by atoms with Gasteiger partial charge in [-0.2, -0.15) is 0 Å². The van der Waals surface area contributed by atoms with Gasteiger partial charge < -0.3 is 4.90 Å². The number of fused-ring (bicyclic) bond motifs is 6. The highest BCUT2D eigenvalue weighted by Crippen LogP contribution is 2.49. The Hall–Kier alpha value is -6.48. The Kier molecular flexibility index (Phi) is 7.41. The molecule has 244 valence electrons. The van der Waals surface area contributed by atoms with Crippen LogP contribution < -0.4 is 4.90 Å². The molecule has 0 saturated carbocycles. The summed E-state index contributed by atoms with van der Waals surface area (Å²) in [6, 6.07) is 72.9. The van der Waals surface area contributed by atoms with Crippen molar-refractivity contribution in [3.63, 3.8) is 0 Å². The number of nitrogens with zero attached hydrogens (tertiary/aromatic N) is 1. The Morgan fingerprint density at radius 3 is 1.65 bits per heavy atom. The zero-order valence-electron chi connectivity index (χ0n) is 28.4. The van der Waals surface area contributed by atoms with Gasteiger partial charge in [0.2, 0.25) is 0 Å². The van der Waals surface area contributed by atoms with Crippen molar-refractivity contribution in [2.45, 2.75) is 0 Å². The molecule has 9 aromatic carbocycles. The number of benzene rings is 9. The van der Waals surface area contributed by atoms with Gasteiger partial charge in [-0.05, 0) is 91.3 Å². The molecule has 10 rings (SSSR count). The van der Waals surface area contributed by atoms with E-state index in [9.17, 15) is 0 Å². The molecular weight excluding hydrogens is 647 g/mol. The summed E-state index contributed by atoms with van der Waals surface area (Å²) >= 11 is 1.88. The Morgan fingerprint density at radius 2 is 0.904 bits per heavy atom. The molecule has 0 atom stereocenters. The van der Waals surface area contributed by atoms with Crippen molar-refractivity contribution in [1.82, 2.24) is 0 Å². The van der Waals surface area contributed by atoms with Crippen LogP contribution >= 0.6 is 11.3 Å². The van der Waals surface area contributed by atoms with Gasteiger partial charge in [0.15, 0.2) is 0 Å². The summed E-state index contributed by atoms with van der Waals surface area (Å²) in [5, 5.41) is 7.58. The van der Waals surface area contributed by atoms with Crippen molar-refractivity contribution in [1.29, 1.82) is 0 Å². The number of hydrogen-bond acceptors (Lipinski definition) is 2. The second-order valence-electron chi connectivity index (χ2n) is 13.3. The third-order valence-corrected chi connectivity index (χ3v) is 11.5. The average Bonchev–Trinajstić information content (AvgIpc) is 3.62. The lowest BCUT2D eigenvalue weighted by Crippen LogP contribution is -2.10. The highest BCUT2D eigenvalue weighted by Gasteiger charge is 2.21. The fraction of sp³-hybridized carbons (Fsp3) is 0. The molecule has 0 aliphatic carbocycles. The second-order valence-corrected chi connectivity index (χ2v) is 14.3. The number of hydrogen-bond donors (Lipinski definition) is 0. The second kappa shape index (κ2) is 12.7. The van der Waals surface area contributed by atoms with Gasteiger partial charge in [0.25, 0.3) is 0 Å². The molecule has 0 N–H and O–H groups in total. The van der Waals surface area contributed by atoms with Crippen LogP contribution in [0.3, 0.4) is 0 Å². The van der Waals surface area contributed by atoms with Gasteiger partial charge in [-0.3, -0.25) is 0 Å². The van der Waals surface area contributed by atoms with Crippen LogP contribution in [0.2, 0.25) is 0 Å². The molecule has 0 radical (unpaired) electrons. The summed E-state index contributed by atoms with van der Waals surface area (Å²) in [5.74, 6) is 0. The third kappa shape index (κ3) is 5.16. The molecule has 0 fully saturated rings. The molecule has 0 spiro atoms. The minimum Gasteiger partial charge on any atom is -0.310 e. The van der Waals surface area contributed by atoms with E-state index in [1.54, 1.807) is 0 Å². The number of thiophene rings is 1. The Morgan fingerprint density at radius 1 is 0.346 bits per heavy atom. The molecule has 52 heavy (non-hydrogen) atoms. The van der Waals surface area contributed by atoms with Gasteiger partial charge in [0.1, 0.15) is 0 Å². The highest BCUT2D eigenvalue weighted by atomic mass is 32.1. The van der Waals surface area contributed by atoms with Crippen LogP contribution in [0.4, 0.5) is 17.1 Å². The van der Waals surface area contributed by atoms with E-state index in [4.69, 9.17) is 0 Å². The van der Waals surface area contributed by atoms with Gasteiger partial charge >= 0.3 is 0 Å². The Bertz CT molecular complexity index is 2890. The van der Waals surface area contributed by atoms with Crippen LogP contribution in [-0.4, -0.2) is 0 Å². The van der Waals surface area contributed by atoms with E-state index < -0.39 is 0 Å². The summed E-state index contributed by atoms with van der Waals surface area (Å²) in [6.07, 6.45) is 0. The zero-order valence-corrected chi connectivity index (χ0v) is 29.2. The van der Waals surface area contributed by atoms with Crippen LogP contribution in [0.5, 0.6) is 0 Å². The molecule has 1 aromatic heterocycles. The standard InChI is InChI=1S/C50H33NS/c1-3-13-34(14-4-1)41-19-9-10-20-43(41)37-25-27-39(28-26-37)51(40-29-30-44-38(33-40)24-23-36-17-7-8-18-42(36)44)47-32-31-45(35-15-5-2-6-16-35)50-49(47)46-21-11-12-22-48(46)52-50/h1-33H. The summed E-state index contributed by atoms with van der Waals surface area (Å²) in [7, 11) is 0. The smallest absolute Gasteiger partial charge is 0.0555 e. The van der Waals surface area contributed by atoms with E-state index in [1.165, 1.54) is 80.8 Å². The van der Waals surface area contributed by atoms with E-state index in [0.717, 1.165) is 11.4 Å². The summed E-state index contributed by atoms with van der Waals surface area (Å²) in [6.45, 7) is 0. The zero-order chi connectivity index (χ0) is 34.4. The lowest BCUT2D eigenvalue weighted by molar-refractivity contribution is 1.31. The van der Waals surface area contributed by atoms with Gasteiger partial charge in [0.05, 0.1) is 5.69 Å². The maximum atomic E-state index is 2.46. The molecule has 10 aromatic rings. The molecule has 1 nitrogen and oxygen atoms in total. The number of anilines is 3. The van der Waals surface area contributed by atoms with Crippen molar-refractivity contribution < 1.29 is 0 Å². The third-order valence-electron chi connectivity index (χ3n) is 10.3. The van der Waals surface area contributed by atoms with Crippen molar-refractivity contribution in [2.24, 2.45) is 0 Å². The molecular formula is C50H33NS. The van der Waals surface area contributed by atoms with Crippen LogP contribution in [0.15, 0.2) is 200 Å². The van der Waals surface area contributed by atoms with Gasteiger partial charge in [-0.25, -0.2) is 0 Å². The monoisotopic (exact) mass is 679 g/mol. The first kappa shape index (κ1) is 30.4. The van der Waals surface area contributed by atoms with Crippen LogP contribution in [0.25, 0.3) is 75.1 Å². The molecule has 0 aliphatic heterocycles. The molecule has 0 saturated heterocycles. The maximum absolute atomic E-state index is 2.46. The van der Waals surface area contributed by atoms with Crippen molar-refractivity contribution in [3.05, 3.63) is 200 Å². The van der Waals surface area contributed by atoms with Crippen molar-refractivity contribution in [2.75, 3.05) is 4.90 Å². The molecule has 1 heterocycles. The van der Waals surface area contributed by atoms with Crippen LogP contribution in [-0.2, 0) is 0 Å². The quantitative estimate of drug-likeness (QED) is 0.158. The fourth-order valence-corrected chi connectivity index (χ4v) is 9.06. The highest BCUT2D eigenvalue weighted by molar-refractivity contribution is 7.26. The predicted molar refractivity (Wildman–Crippen MR) is 225 cm³/mol. The summed E-state index contributed by atoms with van der Waals surface area (Å²) < 4.78 is 2.59. The van der Waals surface area contributed by atoms with E-state index in [0.29, 0.717) is 0 Å². The van der Waals surface area contributed by atoms with E-state index in [2.05, 4.69) is 205 Å². The van der Waals surface area contributed by atoms with Crippen LogP contribution in [0.1, 0.15) is 0 Å². The first-order valence-corrected chi connectivity index (χ1v) is 18.6. The minimum absolute atomic E-state index is 1.12. The van der Waals surface area contributed by atoms with Crippen molar-refractivity contribution in [3.8, 4) is 33.4 Å². The Balaban J connectivity index is 1.20. The minimum atomic E-state index is 1.12. The SMILES string of the molecule is c1ccc(-c2ccccc2-c2ccc(N(c3ccc4c(ccc5ccccc54)c3)c3ccc(-c4ccccc4)c4sc5ccccc5c34)cc2)cc1. The molecule has 0 amide bonds. The van der Waals surface area contributed by atoms with E-state index >= 15 is 0 Å². The van der Waals surface area contributed by atoms with Gasteiger partial charge in [-0.15, -0.1) is 11.3 Å². The van der Waals surface area contributed by atoms with E-state index in [1.807, 2.05) is 11.3 Å². The van der Waals surface area contributed by atoms with Gasteiger partial charge in [0, 0.05) is 31.5 Å². The van der Waals surface area contributed by atoms with Crippen LogP contribution in [0, 0.1) is 0 Å². The average molecular weight is 680 g/mol. The van der Waals surface area contributed by atoms with Gasteiger partial charge in [-0.1, -0.05) is 164 Å². The normalized spacial score (nSPS) is 11.5.